The van der Waals surface area contributed by atoms with Crippen molar-refractivity contribution in [2.75, 3.05) is 31.6 Å². The van der Waals surface area contributed by atoms with Crippen molar-refractivity contribution in [2.24, 2.45) is 0 Å². The topological polar surface area (TPSA) is 104 Å². The highest BCUT2D eigenvalue weighted by molar-refractivity contribution is 7.22. The van der Waals surface area contributed by atoms with Crippen LogP contribution in [0.3, 0.4) is 0 Å². The summed E-state index contributed by atoms with van der Waals surface area (Å²) in [5, 5.41) is 15.5. The quantitative estimate of drug-likeness (QED) is 0.487. The van der Waals surface area contributed by atoms with Gasteiger partial charge in [0.2, 0.25) is 0 Å². The van der Waals surface area contributed by atoms with Crippen LogP contribution >= 0.6 is 22.9 Å². The second kappa shape index (κ2) is 10.8. The number of aliphatic hydroxyl groups excluding tert-OH is 1. The Kier molecular flexibility index (Phi) is 7.83. The Balaban J connectivity index is 1.45. The maximum absolute atomic E-state index is 12.4. The predicted molar refractivity (Wildman–Crippen MR) is 117 cm³/mol. The highest BCUT2D eigenvalue weighted by atomic mass is 35.5. The maximum Gasteiger partial charge on any atom is 0.413 e. The number of benzene rings is 2. The van der Waals surface area contributed by atoms with Crippen LogP contribution in [0.4, 0.5) is 14.7 Å². The average molecular weight is 449 g/mol. The summed E-state index contributed by atoms with van der Waals surface area (Å²) in [4.78, 5) is 30.0. The van der Waals surface area contributed by atoms with Gasteiger partial charge in [-0.15, -0.1) is 0 Å². The predicted octanol–water partition coefficient (Wildman–Crippen LogP) is 3.70. The zero-order chi connectivity index (χ0) is 21.3. The molecule has 0 atom stereocenters. The molecule has 2 aromatic carbocycles. The molecular formula is C20H21ClN4O4S. The van der Waals surface area contributed by atoms with Gasteiger partial charge < -0.3 is 20.1 Å². The Labute approximate surface area is 182 Å². The fourth-order valence-electron chi connectivity index (χ4n) is 2.66. The van der Waals surface area contributed by atoms with Crippen LogP contribution in [-0.2, 0) is 11.3 Å². The van der Waals surface area contributed by atoms with Gasteiger partial charge in [0.15, 0.2) is 5.13 Å². The van der Waals surface area contributed by atoms with Gasteiger partial charge in [0.25, 0.3) is 0 Å². The van der Waals surface area contributed by atoms with E-state index >= 15 is 0 Å². The van der Waals surface area contributed by atoms with Crippen molar-refractivity contribution >= 4 is 50.4 Å². The Morgan fingerprint density at radius 1 is 1.13 bits per heavy atom. The molecule has 3 amide bonds. The fourth-order valence-corrected chi connectivity index (χ4v) is 3.71. The molecule has 0 saturated heterocycles. The molecule has 3 aromatic rings. The third-order valence-electron chi connectivity index (χ3n) is 4.14. The van der Waals surface area contributed by atoms with Crippen LogP contribution in [0.1, 0.15) is 5.56 Å². The maximum atomic E-state index is 12.4. The van der Waals surface area contributed by atoms with Gasteiger partial charge in [-0.3, -0.25) is 5.32 Å². The summed E-state index contributed by atoms with van der Waals surface area (Å²) in [6.07, 6.45) is -0.658. The number of para-hydroxylation sites is 1. The molecule has 0 aliphatic carbocycles. The van der Waals surface area contributed by atoms with Crippen LogP contribution in [0.5, 0.6) is 0 Å². The summed E-state index contributed by atoms with van der Waals surface area (Å²) < 4.78 is 6.10. The van der Waals surface area contributed by atoms with Gasteiger partial charge in [-0.1, -0.05) is 53.3 Å². The van der Waals surface area contributed by atoms with Crippen LogP contribution in [0, 0.1) is 0 Å². The number of urea groups is 1. The zero-order valence-corrected chi connectivity index (χ0v) is 17.6. The lowest BCUT2D eigenvalue weighted by atomic mass is 10.2. The average Bonchev–Trinajstić information content (AvgIpc) is 3.14. The summed E-state index contributed by atoms with van der Waals surface area (Å²) >= 11 is 7.43. The van der Waals surface area contributed by atoms with Crippen LogP contribution in [-0.4, -0.2) is 53.4 Å². The van der Waals surface area contributed by atoms with E-state index in [1.807, 2.05) is 42.5 Å². The minimum atomic E-state index is -0.658. The molecule has 0 spiro atoms. The number of amides is 3. The molecule has 158 valence electrons. The van der Waals surface area contributed by atoms with E-state index in [9.17, 15) is 14.7 Å². The van der Waals surface area contributed by atoms with E-state index in [0.29, 0.717) is 10.2 Å². The number of nitrogens with one attached hydrogen (secondary N) is 2. The van der Waals surface area contributed by atoms with E-state index in [2.05, 4.69) is 15.6 Å². The van der Waals surface area contributed by atoms with Gasteiger partial charge >= 0.3 is 12.1 Å². The third-order valence-corrected chi connectivity index (χ3v) is 5.46. The van der Waals surface area contributed by atoms with E-state index in [0.717, 1.165) is 15.8 Å². The molecule has 1 aromatic heterocycles. The monoisotopic (exact) mass is 448 g/mol. The van der Waals surface area contributed by atoms with Gasteiger partial charge in [0, 0.05) is 18.1 Å². The van der Waals surface area contributed by atoms with Crippen LogP contribution in [0.15, 0.2) is 48.5 Å². The normalized spacial score (nSPS) is 10.6. The number of carbonyl (C=O) groups is 2. The number of ether oxygens (including phenoxy) is 1. The number of anilines is 1. The van der Waals surface area contributed by atoms with E-state index in [-0.39, 0.29) is 38.9 Å². The molecule has 30 heavy (non-hydrogen) atoms. The van der Waals surface area contributed by atoms with Crippen molar-refractivity contribution < 1.29 is 19.4 Å². The van der Waals surface area contributed by atoms with Crippen molar-refractivity contribution in [3.8, 4) is 0 Å². The molecule has 10 heteroatoms. The van der Waals surface area contributed by atoms with Crippen LogP contribution in [0.25, 0.3) is 10.2 Å². The zero-order valence-electron chi connectivity index (χ0n) is 16.0. The van der Waals surface area contributed by atoms with Crippen molar-refractivity contribution in [3.63, 3.8) is 0 Å². The first kappa shape index (κ1) is 21.8. The molecule has 0 aliphatic rings. The number of thiazole rings is 1. The first-order valence-corrected chi connectivity index (χ1v) is 10.4. The Bertz CT molecular complexity index is 980. The smallest absolute Gasteiger partial charge is 0.413 e. The Hall–Kier alpha value is -2.88. The summed E-state index contributed by atoms with van der Waals surface area (Å²) in [6.45, 7) is 0.242. The largest absolute Gasteiger partial charge is 0.447 e. The number of nitrogens with zero attached hydrogens (tertiary/aromatic N) is 2. The minimum absolute atomic E-state index is 0.0315. The summed E-state index contributed by atoms with van der Waals surface area (Å²) in [6, 6.07) is 14.3. The number of carbonyl (C=O) groups excluding carboxylic acids is 2. The molecule has 0 bridgehead atoms. The summed E-state index contributed by atoms with van der Waals surface area (Å²) in [5.74, 6) is 0. The molecule has 1 heterocycles. The molecule has 3 rings (SSSR count). The highest BCUT2D eigenvalue weighted by Crippen LogP contribution is 2.25. The molecule has 0 unspecified atom stereocenters. The first-order chi connectivity index (χ1) is 14.6. The van der Waals surface area contributed by atoms with Gasteiger partial charge in [0.05, 0.1) is 23.4 Å². The lowest BCUT2D eigenvalue weighted by Gasteiger charge is -2.22. The van der Waals surface area contributed by atoms with Crippen LogP contribution in [0.2, 0.25) is 5.02 Å². The molecule has 0 radical (unpaired) electrons. The number of hydrogen-bond acceptors (Lipinski definition) is 6. The first-order valence-electron chi connectivity index (χ1n) is 9.23. The second-order valence-corrected chi connectivity index (χ2v) is 7.65. The fraction of sp³-hybridized carbons (Fsp3) is 0.250. The number of rotatable bonds is 8. The van der Waals surface area contributed by atoms with Crippen LogP contribution < -0.4 is 10.6 Å². The second-order valence-electron chi connectivity index (χ2n) is 6.21. The lowest BCUT2D eigenvalue weighted by molar-refractivity contribution is 0.133. The van der Waals surface area contributed by atoms with Crippen molar-refractivity contribution in [3.05, 3.63) is 59.1 Å². The van der Waals surface area contributed by atoms with E-state index in [1.54, 1.807) is 6.07 Å². The van der Waals surface area contributed by atoms with Gasteiger partial charge in [-0.05, 0) is 23.8 Å². The number of aromatic nitrogens is 1. The van der Waals surface area contributed by atoms with Gasteiger partial charge in [-0.25, -0.2) is 14.6 Å². The number of aliphatic hydroxyl groups is 1. The minimum Gasteiger partial charge on any atom is -0.447 e. The third kappa shape index (κ3) is 6.06. The lowest BCUT2D eigenvalue weighted by Crippen LogP contribution is -2.43. The summed E-state index contributed by atoms with van der Waals surface area (Å²) in [7, 11) is 0. The van der Waals surface area contributed by atoms with Gasteiger partial charge in [0.1, 0.15) is 6.61 Å². The van der Waals surface area contributed by atoms with Crippen molar-refractivity contribution in [1.29, 1.82) is 0 Å². The number of halogens is 1. The van der Waals surface area contributed by atoms with Crippen molar-refractivity contribution in [1.82, 2.24) is 15.2 Å². The Morgan fingerprint density at radius 3 is 2.67 bits per heavy atom. The van der Waals surface area contributed by atoms with Crippen molar-refractivity contribution in [2.45, 2.75) is 6.54 Å². The SMILES string of the molecule is O=C(Nc1nc2ccccc2s1)OCCN(CCO)C(=O)NCc1ccccc1Cl. The summed E-state index contributed by atoms with van der Waals surface area (Å²) in [5.41, 5.74) is 1.57. The van der Waals surface area contributed by atoms with E-state index in [4.69, 9.17) is 16.3 Å². The highest BCUT2D eigenvalue weighted by Gasteiger charge is 2.15. The van der Waals surface area contributed by atoms with Gasteiger partial charge in [-0.2, -0.15) is 0 Å². The number of hydrogen-bond donors (Lipinski definition) is 3. The molecule has 0 aliphatic heterocycles. The van der Waals surface area contributed by atoms with E-state index in [1.165, 1.54) is 16.2 Å². The molecule has 8 nitrogen and oxygen atoms in total. The number of fused-ring (bicyclic) bond motifs is 1. The Morgan fingerprint density at radius 2 is 1.90 bits per heavy atom. The van der Waals surface area contributed by atoms with E-state index < -0.39 is 6.09 Å². The molecule has 0 fully saturated rings. The standard InChI is InChI=1S/C20H21ClN4O4S/c21-15-6-2-1-5-14(15)13-22-19(27)25(9-11-26)10-12-29-20(28)24-18-23-16-7-3-4-8-17(16)30-18/h1-8,26H,9-13H2,(H,22,27)(H,23,24,28). The molecular weight excluding hydrogens is 428 g/mol. The molecule has 0 saturated carbocycles. The molecule has 3 N–H and O–H groups in total.